The number of hydrogen-bond donors (Lipinski definition) is 0. The van der Waals surface area contributed by atoms with E-state index >= 15 is 0 Å². The van der Waals surface area contributed by atoms with E-state index < -0.39 is 0 Å². The van der Waals surface area contributed by atoms with Crippen LogP contribution in [0.4, 0.5) is 0 Å². The Morgan fingerprint density at radius 1 is 0.410 bits per heavy atom. The molecule has 4 heteroatoms. The van der Waals surface area contributed by atoms with Gasteiger partial charge >= 0.3 is 0 Å². The van der Waals surface area contributed by atoms with E-state index in [1.54, 1.807) is 60.7 Å². The second kappa shape index (κ2) is 7.90. The van der Waals surface area contributed by atoms with Crippen molar-refractivity contribution in [2.75, 3.05) is 0 Å². The van der Waals surface area contributed by atoms with Gasteiger partial charge in [-0.3, -0.25) is 19.2 Å². The minimum Gasteiger partial charge on any atom is -0.289 e. The predicted octanol–water partition coefficient (Wildman–Crippen LogP) is 6.31. The van der Waals surface area contributed by atoms with E-state index in [4.69, 9.17) is 0 Å². The maximum Gasteiger partial charge on any atom is 0.194 e. The van der Waals surface area contributed by atoms with Gasteiger partial charge in [-0.1, -0.05) is 84.9 Å². The fraction of sp³-hybridized carbons (Fsp3) is 0.143. The van der Waals surface area contributed by atoms with Crippen molar-refractivity contribution in [2.24, 2.45) is 11.8 Å². The monoisotopic (exact) mass is 506 g/mol. The highest BCUT2D eigenvalue weighted by Gasteiger charge is 2.47. The van der Waals surface area contributed by atoms with Gasteiger partial charge in [0.1, 0.15) is 0 Å². The van der Waals surface area contributed by atoms with Crippen LogP contribution in [-0.4, -0.2) is 23.1 Å². The number of carbonyl (C=O) groups excluding carboxylic acids is 4. The molecule has 2 unspecified atom stereocenters. The zero-order valence-electron chi connectivity index (χ0n) is 20.9. The van der Waals surface area contributed by atoms with Crippen LogP contribution in [0, 0.1) is 11.8 Å². The highest BCUT2D eigenvalue weighted by atomic mass is 16.1. The highest BCUT2D eigenvalue weighted by molar-refractivity contribution is 6.29. The van der Waals surface area contributed by atoms with Gasteiger partial charge in [-0.25, -0.2) is 0 Å². The highest BCUT2D eigenvalue weighted by Crippen LogP contribution is 2.58. The Morgan fingerprint density at radius 3 is 1.13 bits per heavy atom. The third-order valence-electron chi connectivity index (χ3n) is 9.13. The Kier molecular flexibility index (Phi) is 4.52. The maximum absolute atomic E-state index is 13.4. The summed E-state index contributed by atoms with van der Waals surface area (Å²) in [6.45, 7) is 0. The van der Waals surface area contributed by atoms with Crippen LogP contribution in [0.5, 0.6) is 0 Å². The standard InChI is InChI=1S/C35H22O4/c36-32-22-5-1-3-7-24(22)34(38)28-16-20(11-13-26(28)32)30-18-9-10-19(15-18)31(30)21-12-14-27-29(17-21)35(39)25-8-4-2-6-23(25)33(27)37/h1-14,16-19,30-31H,15H2/t18-,19+,30?,31?. The van der Waals surface area contributed by atoms with Crippen LogP contribution in [0.3, 0.4) is 0 Å². The normalized spacial score (nSPS) is 23.9. The van der Waals surface area contributed by atoms with Crippen molar-refractivity contribution in [1.29, 1.82) is 0 Å². The molecular formula is C35H22O4. The fourth-order valence-corrected chi connectivity index (χ4v) is 7.38. The molecule has 4 aliphatic carbocycles. The first-order valence-electron chi connectivity index (χ1n) is 13.3. The Bertz CT molecular complexity index is 1710. The number of hydrogen-bond acceptors (Lipinski definition) is 4. The molecule has 4 aromatic rings. The quantitative estimate of drug-likeness (QED) is 0.258. The van der Waals surface area contributed by atoms with Crippen molar-refractivity contribution in [3.63, 3.8) is 0 Å². The first kappa shape index (κ1) is 22.3. The Hall–Kier alpha value is -4.70. The van der Waals surface area contributed by atoms with E-state index in [0.717, 1.165) is 17.5 Å². The van der Waals surface area contributed by atoms with Gasteiger partial charge in [0, 0.05) is 44.5 Å². The Morgan fingerprint density at radius 2 is 0.744 bits per heavy atom. The Balaban J connectivity index is 1.22. The molecule has 0 spiro atoms. The molecule has 186 valence electrons. The van der Waals surface area contributed by atoms with E-state index in [2.05, 4.69) is 12.2 Å². The molecule has 4 aliphatic rings. The molecule has 0 saturated heterocycles. The molecule has 0 aromatic heterocycles. The molecule has 0 heterocycles. The Labute approximate surface area is 225 Å². The number of rotatable bonds is 2. The van der Waals surface area contributed by atoms with Crippen molar-refractivity contribution in [1.82, 2.24) is 0 Å². The van der Waals surface area contributed by atoms with Gasteiger partial charge in [-0.15, -0.1) is 0 Å². The number of benzene rings is 4. The third-order valence-corrected chi connectivity index (χ3v) is 9.13. The van der Waals surface area contributed by atoms with Gasteiger partial charge in [0.2, 0.25) is 0 Å². The minimum atomic E-state index is -0.117. The van der Waals surface area contributed by atoms with E-state index in [1.807, 2.05) is 24.3 Å². The molecule has 4 atom stereocenters. The largest absolute Gasteiger partial charge is 0.289 e. The first-order valence-corrected chi connectivity index (χ1v) is 13.3. The number of ketones is 4. The van der Waals surface area contributed by atoms with Gasteiger partial charge in [0.15, 0.2) is 23.1 Å². The van der Waals surface area contributed by atoms with Gasteiger partial charge < -0.3 is 0 Å². The number of fused-ring (bicyclic) bond motifs is 6. The lowest BCUT2D eigenvalue weighted by Gasteiger charge is -2.31. The van der Waals surface area contributed by atoms with Gasteiger partial charge in [0.25, 0.3) is 0 Å². The molecule has 8 rings (SSSR count). The second-order valence-corrected chi connectivity index (χ2v) is 11.0. The lowest BCUT2D eigenvalue weighted by molar-refractivity contribution is 0.0979. The van der Waals surface area contributed by atoms with Gasteiger partial charge in [0.05, 0.1) is 0 Å². The molecule has 4 aromatic carbocycles. The number of carbonyl (C=O) groups is 4. The van der Waals surface area contributed by atoms with Crippen molar-refractivity contribution in [2.45, 2.75) is 18.3 Å². The average molecular weight is 507 g/mol. The van der Waals surface area contributed by atoms with Crippen LogP contribution in [0.25, 0.3) is 0 Å². The van der Waals surface area contributed by atoms with E-state index in [9.17, 15) is 19.2 Å². The molecule has 2 bridgehead atoms. The lowest BCUT2D eigenvalue weighted by Crippen LogP contribution is -2.23. The molecular weight excluding hydrogens is 484 g/mol. The van der Waals surface area contributed by atoms with Crippen LogP contribution >= 0.6 is 0 Å². The zero-order valence-corrected chi connectivity index (χ0v) is 20.9. The summed E-state index contributed by atoms with van der Waals surface area (Å²) in [4.78, 5) is 53.2. The summed E-state index contributed by atoms with van der Waals surface area (Å²) < 4.78 is 0. The molecule has 0 amide bonds. The molecule has 4 nitrogen and oxygen atoms in total. The van der Waals surface area contributed by atoms with Crippen LogP contribution in [0.1, 0.15) is 93.1 Å². The molecule has 0 aliphatic heterocycles. The molecule has 0 N–H and O–H groups in total. The van der Waals surface area contributed by atoms with Crippen LogP contribution in [0.15, 0.2) is 97.1 Å². The van der Waals surface area contributed by atoms with Crippen LogP contribution in [0.2, 0.25) is 0 Å². The minimum absolute atomic E-state index is 0.102. The van der Waals surface area contributed by atoms with Crippen molar-refractivity contribution in [3.8, 4) is 0 Å². The summed E-state index contributed by atoms with van der Waals surface area (Å²) >= 11 is 0. The van der Waals surface area contributed by atoms with Crippen molar-refractivity contribution in [3.05, 3.63) is 153 Å². The lowest BCUT2D eigenvalue weighted by atomic mass is 9.72. The summed E-state index contributed by atoms with van der Waals surface area (Å²) in [5.74, 6) is 0.337. The molecule has 1 fully saturated rings. The fourth-order valence-electron chi connectivity index (χ4n) is 7.38. The van der Waals surface area contributed by atoms with E-state index in [-0.39, 0.29) is 35.0 Å². The number of allylic oxidation sites excluding steroid dienone is 2. The average Bonchev–Trinajstić information content (AvgIpc) is 3.60. The molecule has 0 radical (unpaired) electrons. The summed E-state index contributed by atoms with van der Waals surface area (Å²) in [5.41, 5.74) is 5.71. The van der Waals surface area contributed by atoms with Gasteiger partial charge in [-0.2, -0.15) is 0 Å². The van der Waals surface area contributed by atoms with Crippen LogP contribution in [-0.2, 0) is 0 Å². The van der Waals surface area contributed by atoms with E-state index in [0.29, 0.717) is 56.3 Å². The summed E-state index contributed by atoms with van der Waals surface area (Å²) in [6.07, 6.45) is 5.52. The predicted molar refractivity (Wildman–Crippen MR) is 146 cm³/mol. The smallest absolute Gasteiger partial charge is 0.194 e. The summed E-state index contributed by atoms with van der Waals surface area (Å²) in [7, 11) is 0. The first-order chi connectivity index (χ1) is 19.0. The maximum atomic E-state index is 13.4. The van der Waals surface area contributed by atoms with Gasteiger partial charge in [-0.05, 0) is 53.4 Å². The third kappa shape index (κ3) is 3.00. The molecule has 1 saturated carbocycles. The second-order valence-electron chi connectivity index (χ2n) is 11.0. The van der Waals surface area contributed by atoms with Crippen molar-refractivity contribution >= 4 is 23.1 Å². The van der Waals surface area contributed by atoms with E-state index in [1.165, 1.54) is 0 Å². The SMILES string of the molecule is O=C1c2ccccc2C(=O)c2cc(C3C(c4ccc5c(c4)C(=O)c4ccccc4C5=O)[C@H]4C=C[C@@H]3C4)ccc21. The topological polar surface area (TPSA) is 68.3 Å². The van der Waals surface area contributed by atoms with Crippen molar-refractivity contribution < 1.29 is 19.2 Å². The van der Waals surface area contributed by atoms with Crippen LogP contribution < -0.4 is 0 Å². The molecule has 39 heavy (non-hydrogen) atoms. The summed E-state index contributed by atoms with van der Waals surface area (Å²) in [5, 5.41) is 0. The summed E-state index contributed by atoms with van der Waals surface area (Å²) in [6, 6.07) is 25.4. The zero-order chi connectivity index (χ0) is 26.4.